The first-order chi connectivity index (χ1) is 13.2. The number of carbonyl (C=O) groups is 1. The number of rotatable bonds is 6. The Morgan fingerprint density at radius 3 is 2.25 bits per heavy atom. The third-order valence-electron chi connectivity index (χ3n) is 4.61. The van der Waals surface area contributed by atoms with Crippen molar-refractivity contribution in [2.45, 2.75) is 17.7 Å². The quantitative estimate of drug-likeness (QED) is 0.759. The molecule has 1 saturated heterocycles. The van der Waals surface area contributed by atoms with Gasteiger partial charge in [-0.3, -0.25) is 0 Å². The molecule has 0 atom stereocenters. The largest absolute Gasteiger partial charge is 0.478 e. The molecule has 1 heterocycles. The molecule has 0 saturated carbocycles. The monoisotopic (exact) mass is 405 g/mol. The number of hydrogen-bond donors (Lipinski definition) is 2. The van der Waals surface area contributed by atoms with Crippen LogP contribution < -0.4 is 19.7 Å². The van der Waals surface area contributed by atoms with Crippen LogP contribution in [0.1, 0.15) is 23.2 Å². The lowest BCUT2D eigenvalue weighted by Gasteiger charge is -2.23. The van der Waals surface area contributed by atoms with Gasteiger partial charge in [0.25, 0.3) is 0 Å². The number of ether oxygens (including phenoxy) is 1. The van der Waals surface area contributed by atoms with Crippen LogP contribution in [0.2, 0.25) is 0 Å². The minimum absolute atomic E-state index is 0.0482. The van der Waals surface area contributed by atoms with Crippen molar-refractivity contribution in [3.8, 4) is 11.5 Å². The second-order valence-electron chi connectivity index (χ2n) is 6.86. The first-order valence-corrected chi connectivity index (χ1v) is 10.4. The van der Waals surface area contributed by atoms with Gasteiger partial charge in [0.1, 0.15) is 10.6 Å². The topological polar surface area (TPSA) is 113 Å². The average Bonchev–Trinajstić information content (AvgIpc) is 3.15. The highest BCUT2D eigenvalue weighted by Gasteiger charge is 2.27. The lowest BCUT2D eigenvalue weighted by atomic mass is 10.1. The summed E-state index contributed by atoms with van der Waals surface area (Å²) >= 11 is 0. The molecule has 28 heavy (non-hydrogen) atoms. The van der Waals surface area contributed by atoms with Crippen LogP contribution in [-0.2, 0) is 10.0 Å². The molecule has 9 heteroatoms. The number of benzene rings is 2. The summed E-state index contributed by atoms with van der Waals surface area (Å²) in [6.07, 6.45) is 1.86. The maximum atomic E-state index is 12.2. The summed E-state index contributed by atoms with van der Waals surface area (Å²) in [7, 11) is -0.391. The van der Waals surface area contributed by atoms with E-state index in [2.05, 4.69) is 0 Å². The van der Waals surface area contributed by atoms with E-state index in [1.54, 1.807) is 12.1 Å². The van der Waals surface area contributed by atoms with E-state index in [1.165, 1.54) is 6.07 Å². The molecule has 3 N–H and O–H groups in total. The molecule has 0 radical (unpaired) electrons. The summed E-state index contributed by atoms with van der Waals surface area (Å²) in [5.41, 5.74) is 1.22. The third kappa shape index (κ3) is 4.20. The number of nitrogens with zero attached hydrogens (tertiary/aromatic N) is 2. The molecule has 8 nitrogen and oxygen atoms in total. The Kier molecular flexibility index (Phi) is 5.48. The predicted octanol–water partition coefficient (Wildman–Crippen LogP) is 2.49. The summed E-state index contributed by atoms with van der Waals surface area (Å²) in [6, 6.07) is 9.61. The van der Waals surface area contributed by atoms with E-state index in [0.717, 1.165) is 24.6 Å². The number of hydrogen-bond acceptors (Lipinski definition) is 6. The molecule has 2 aromatic rings. The van der Waals surface area contributed by atoms with Crippen LogP contribution in [-0.4, -0.2) is 46.7 Å². The fourth-order valence-corrected chi connectivity index (χ4v) is 3.84. The van der Waals surface area contributed by atoms with E-state index in [1.807, 2.05) is 36.0 Å². The summed E-state index contributed by atoms with van der Waals surface area (Å²) in [6.45, 7) is 1.37. The molecule has 0 bridgehead atoms. The number of sulfonamides is 1. The predicted molar refractivity (Wildman–Crippen MR) is 107 cm³/mol. The number of carboxylic acids is 1. The van der Waals surface area contributed by atoms with Crippen LogP contribution in [0, 0.1) is 0 Å². The Morgan fingerprint density at radius 1 is 1.14 bits per heavy atom. The fraction of sp³-hybridized carbons (Fsp3) is 0.316. The molecule has 2 aromatic carbocycles. The van der Waals surface area contributed by atoms with E-state index in [-0.39, 0.29) is 16.2 Å². The van der Waals surface area contributed by atoms with Gasteiger partial charge in [-0.1, -0.05) is 0 Å². The zero-order valence-corrected chi connectivity index (χ0v) is 16.6. The number of anilines is 2. The zero-order chi connectivity index (χ0) is 20.5. The summed E-state index contributed by atoms with van der Waals surface area (Å²) in [4.78, 5) is 15.0. The van der Waals surface area contributed by atoms with Gasteiger partial charge in [-0.25, -0.2) is 18.4 Å². The third-order valence-corrected chi connectivity index (χ3v) is 5.52. The molecule has 0 amide bonds. The van der Waals surface area contributed by atoms with Crippen LogP contribution >= 0.6 is 0 Å². The van der Waals surface area contributed by atoms with Crippen molar-refractivity contribution in [1.82, 2.24) is 0 Å². The smallest absolute Gasteiger partial charge is 0.335 e. The van der Waals surface area contributed by atoms with Crippen LogP contribution in [0.25, 0.3) is 0 Å². The molecule has 0 aromatic heterocycles. The second kappa shape index (κ2) is 7.69. The highest BCUT2D eigenvalue weighted by atomic mass is 32.2. The fourth-order valence-electron chi connectivity index (χ4n) is 3.15. The van der Waals surface area contributed by atoms with Gasteiger partial charge in [-0.15, -0.1) is 0 Å². The molecule has 3 rings (SSSR count). The van der Waals surface area contributed by atoms with E-state index in [9.17, 15) is 18.3 Å². The summed E-state index contributed by atoms with van der Waals surface area (Å²) < 4.78 is 30.4. The Hall–Kier alpha value is -2.78. The van der Waals surface area contributed by atoms with Crippen molar-refractivity contribution in [2.24, 2.45) is 5.14 Å². The maximum absolute atomic E-state index is 12.2. The van der Waals surface area contributed by atoms with Crippen molar-refractivity contribution in [2.75, 3.05) is 37.0 Å². The van der Waals surface area contributed by atoms with Crippen molar-refractivity contribution < 1.29 is 23.1 Å². The van der Waals surface area contributed by atoms with Gasteiger partial charge >= 0.3 is 5.97 Å². The van der Waals surface area contributed by atoms with Crippen LogP contribution in [0.15, 0.2) is 41.3 Å². The lowest BCUT2D eigenvalue weighted by molar-refractivity contribution is 0.0696. The Bertz CT molecular complexity index is 981. The molecular weight excluding hydrogens is 382 g/mol. The summed E-state index contributed by atoms with van der Waals surface area (Å²) in [5.74, 6) is -0.752. The number of carboxylic acid groups (broad SMARTS) is 1. The van der Waals surface area contributed by atoms with Gasteiger partial charge in [0.2, 0.25) is 10.0 Å². The first kappa shape index (κ1) is 20.0. The van der Waals surface area contributed by atoms with Crippen LogP contribution in [0.5, 0.6) is 11.5 Å². The molecular formula is C19H23N3O5S. The number of primary sulfonamides is 1. The number of nitrogens with two attached hydrogens (primary N) is 1. The van der Waals surface area contributed by atoms with Crippen LogP contribution in [0.3, 0.4) is 0 Å². The Morgan fingerprint density at radius 2 is 1.75 bits per heavy atom. The van der Waals surface area contributed by atoms with Gasteiger partial charge in [-0.2, -0.15) is 0 Å². The highest BCUT2D eigenvalue weighted by molar-refractivity contribution is 7.89. The van der Waals surface area contributed by atoms with E-state index < -0.39 is 16.0 Å². The molecule has 1 aliphatic rings. The standard InChI is InChI=1S/C19H23N3O5S/c1-21(2)14-5-7-15(8-6-14)27-18-16(22-9-3-4-10-22)11-13(19(23)24)12-17(18)28(20,25)26/h5-8,11-12H,3-4,9-10H2,1-2H3,(H,23,24)(H2,20,25,26). The minimum Gasteiger partial charge on any atom is -0.478 e. The number of aromatic carboxylic acids is 1. The SMILES string of the molecule is CN(C)c1ccc(Oc2c(N3CCCC3)cc(C(=O)O)cc2S(N)(=O)=O)cc1. The zero-order valence-electron chi connectivity index (χ0n) is 15.8. The first-order valence-electron chi connectivity index (χ1n) is 8.81. The normalized spacial score (nSPS) is 14.2. The van der Waals surface area contributed by atoms with E-state index in [4.69, 9.17) is 9.88 Å². The van der Waals surface area contributed by atoms with Crippen LogP contribution in [0.4, 0.5) is 11.4 Å². The molecule has 0 aliphatic carbocycles. The second-order valence-corrected chi connectivity index (χ2v) is 8.39. The molecule has 0 spiro atoms. The van der Waals surface area contributed by atoms with Gasteiger partial charge in [-0.05, 0) is 49.2 Å². The minimum atomic E-state index is -4.21. The van der Waals surface area contributed by atoms with Gasteiger partial charge in [0, 0.05) is 32.9 Å². The van der Waals surface area contributed by atoms with Crippen molar-refractivity contribution in [3.63, 3.8) is 0 Å². The van der Waals surface area contributed by atoms with E-state index >= 15 is 0 Å². The molecule has 1 aliphatic heterocycles. The molecule has 1 fully saturated rings. The maximum Gasteiger partial charge on any atom is 0.335 e. The lowest BCUT2D eigenvalue weighted by Crippen LogP contribution is -2.21. The molecule has 150 valence electrons. The van der Waals surface area contributed by atoms with Crippen molar-refractivity contribution >= 4 is 27.4 Å². The van der Waals surface area contributed by atoms with E-state index in [0.29, 0.717) is 24.5 Å². The highest BCUT2D eigenvalue weighted by Crippen LogP contribution is 2.40. The molecule has 0 unspecified atom stereocenters. The van der Waals surface area contributed by atoms with Gasteiger partial charge < -0.3 is 19.6 Å². The van der Waals surface area contributed by atoms with Gasteiger partial charge in [0.15, 0.2) is 5.75 Å². The average molecular weight is 405 g/mol. The Labute approximate surface area is 164 Å². The summed E-state index contributed by atoms with van der Waals surface area (Å²) in [5, 5.41) is 14.8. The van der Waals surface area contributed by atoms with Crippen molar-refractivity contribution in [1.29, 1.82) is 0 Å². The van der Waals surface area contributed by atoms with Crippen molar-refractivity contribution in [3.05, 3.63) is 42.0 Å². The Balaban J connectivity index is 2.14. The van der Waals surface area contributed by atoms with Gasteiger partial charge in [0.05, 0.1) is 11.3 Å².